The Hall–Kier alpha value is -1.44. The van der Waals surface area contributed by atoms with Gasteiger partial charge in [0.25, 0.3) is 0 Å². The van der Waals surface area contributed by atoms with Crippen LogP contribution in [0.2, 0.25) is 0 Å². The van der Waals surface area contributed by atoms with Gasteiger partial charge in [0.2, 0.25) is 0 Å². The zero-order chi connectivity index (χ0) is 22.1. The molecule has 0 saturated heterocycles. The van der Waals surface area contributed by atoms with E-state index in [2.05, 4.69) is 122 Å². The molecule has 3 heteroatoms. The Morgan fingerprint density at radius 3 is 1.09 bits per heavy atom. The molecule has 0 aromatic heterocycles. The van der Waals surface area contributed by atoms with E-state index in [-0.39, 0.29) is 24.8 Å². The van der Waals surface area contributed by atoms with Crippen LogP contribution in [0.4, 0.5) is 0 Å². The third kappa shape index (κ3) is 9.20. The van der Waals surface area contributed by atoms with Crippen LogP contribution in [0.5, 0.6) is 0 Å². The molecular weight excluding hydrogens is 467 g/mol. The molecular formula is C29H32Cl2Ti-2. The number of allylic oxidation sites excluding steroid dienone is 8. The van der Waals surface area contributed by atoms with Crippen molar-refractivity contribution in [2.75, 3.05) is 0 Å². The first kappa shape index (κ1) is 30.6. The van der Waals surface area contributed by atoms with Gasteiger partial charge in [-0.05, 0) is 0 Å². The zero-order valence-corrected chi connectivity index (χ0v) is 23.0. The molecule has 168 valence electrons. The number of hydrogen-bond acceptors (Lipinski definition) is 0. The van der Waals surface area contributed by atoms with E-state index in [1.807, 2.05) is 12.1 Å². The van der Waals surface area contributed by atoms with Crippen molar-refractivity contribution < 1.29 is 44.8 Å². The van der Waals surface area contributed by atoms with Crippen LogP contribution >= 0.6 is 0 Å². The van der Waals surface area contributed by atoms with Gasteiger partial charge in [-0.15, -0.1) is 26.7 Å². The molecule has 0 saturated carbocycles. The molecule has 2 aromatic rings. The Balaban J connectivity index is 0.000000465. The van der Waals surface area contributed by atoms with Crippen LogP contribution in [-0.4, -0.2) is 3.81 Å². The van der Waals surface area contributed by atoms with Crippen molar-refractivity contribution in [2.24, 2.45) is 0 Å². The van der Waals surface area contributed by atoms with Crippen LogP contribution in [0, 0.1) is 12.2 Å². The van der Waals surface area contributed by atoms with Crippen molar-refractivity contribution in [2.45, 2.75) is 54.4 Å². The molecule has 0 unspecified atom stereocenters. The quantitative estimate of drug-likeness (QED) is 0.437. The average molecular weight is 499 g/mol. The summed E-state index contributed by atoms with van der Waals surface area (Å²) >= 11 is 2.16. The van der Waals surface area contributed by atoms with Crippen molar-refractivity contribution in [3.63, 3.8) is 0 Å². The van der Waals surface area contributed by atoms with Gasteiger partial charge in [0.1, 0.15) is 0 Å². The Labute approximate surface area is 219 Å². The van der Waals surface area contributed by atoms with E-state index in [0.29, 0.717) is 0 Å². The van der Waals surface area contributed by atoms with Crippen molar-refractivity contribution >= 4 is 3.81 Å². The summed E-state index contributed by atoms with van der Waals surface area (Å²) in [7, 11) is 0. The van der Waals surface area contributed by atoms with Crippen LogP contribution in [-0.2, 0) is 20.0 Å². The van der Waals surface area contributed by atoms with Gasteiger partial charge in [-0.3, -0.25) is 12.2 Å². The van der Waals surface area contributed by atoms with Crippen LogP contribution in [0.25, 0.3) is 0 Å². The summed E-state index contributed by atoms with van der Waals surface area (Å²) in [5.74, 6) is 0. The average Bonchev–Trinajstić information content (AvgIpc) is 3.24. The van der Waals surface area contributed by atoms with Crippen LogP contribution in [0.15, 0.2) is 94.1 Å². The summed E-state index contributed by atoms with van der Waals surface area (Å²) in [6.07, 6.45) is 8.63. The number of hydrogen-bond donors (Lipinski definition) is 0. The van der Waals surface area contributed by atoms with E-state index < -0.39 is 0 Å². The van der Waals surface area contributed by atoms with E-state index in [1.165, 1.54) is 48.4 Å². The molecule has 2 aliphatic rings. The Bertz CT molecular complexity index is 901. The fourth-order valence-corrected chi connectivity index (χ4v) is 3.60. The second kappa shape index (κ2) is 15.4. The first-order valence-corrected chi connectivity index (χ1v) is 11.3. The summed E-state index contributed by atoms with van der Waals surface area (Å²) < 4.78 is 1.33. The van der Waals surface area contributed by atoms with Crippen molar-refractivity contribution in [3.8, 4) is 0 Å². The molecule has 2 aromatic carbocycles. The Morgan fingerprint density at radius 1 is 0.594 bits per heavy atom. The monoisotopic (exact) mass is 498 g/mol. The molecule has 0 heterocycles. The third-order valence-corrected chi connectivity index (χ3v) is 6.67. The maximum absolute atomic E-state index is 3.26. The molecule has 0 N–H and O–H groups in total. The van der Waals surface area contributed by atoms with Gasteiger partial charge in [-0.1, -0.05) is 27.7 Å². The summed E-state index contributed by atoms with van der Waals surface area (Å²) in [6, 6.07) is 20.9. The van der Waals surface area contributed by atoms with E-state index in [1.54, 1.807) is 0 Å². The summed E-state index contributed by atoms with van der Waals surface area (Å²) in [4.78, 5) is 0. The summed E-state index contributed by atoms with van der Waals surface area (Å²) in [5.41, 5.74) is 11.1. The number of halogens is 2. The van der Waals surface area contributed by atoms with E-state index >= 15 is 0 Å². The molecule has 32 heavy (non-hydrogen) atoms. The predicted octanol–water partition coefficient (Wildman–Crippen LogP) is 1.76. The SMILES string of the molecule is CC1=[C-]CC(C)=C1C.CC1=[C-]CC(C)=C1C.[Cl-].[Cl-].[Ti+2]=[C](c1ccccc1)c1ccccc1. The molecule has 0 bridgehead atoms. The van der Waals surface area contributed by atoms with Gasteiger partial charge in [-0.2, -0.15) is 22.3 Å². The minimum atomic E-state index is 0. The second-order valence-electron chi connectivity index (χ2n) is 7.87. The van der Waals surface area contributed by atoms with Gasteiger partial charge in [0.05, 0.1) is 0 Å². The first-order chi connectivity index (χ1) is 14.3. The molecule has 0 nitrogen and oxygen atoms in total. The predicted molar refractivity (Wildman–Crippen MR) is 127 cm³/mol. The normalized spacial score (nSPS) is 14.1. The molecule has 0 radical (unpaired) electrons. The topological polar surface area (TPSA) is 0 Å². The Kier molecular flexibility index (Phi) is 14.7. The Morgan fingerprint density at radius 2 is 0.906 bits per heavy atom. The van der Waals surface area contributed by atoms with Gasteiger partial charge >= 0.3 is 95.6 Å². The second-order valence-corrected chi connectivity index (χ2v) is 8.66. The number of benzene rings is 2. The molecule has 2 aliphatic carbocycles. The molecule has 0 amide bonds. The summed E-state index contributed by atoms with van der Waals surface area (Å²) in [6.45, 7) is 12.9. The number of rotatable bonds is 2. The van der Waals surface area contributed by atoms with Crippen LogP contribution in [0.1, 0.15) is 65.5 Å². The van der Waals surface area contributed by atoms with Gasteiger partial charge < -0.3 is 24.8 Å². The third-order valence-electron chi connectivity index (χ3n) is 5.77. The van der Waals surface area contributed by atoms with Crippen molar-refractivity contribution in [1.82, 2.24) is 0 Å². The zero-order valence-electron chi connectivity index (χ0n) is 19.9. The molecule has 0 atom stereocenters. The van der Waals surface area contributed by atoms with Crippen molar-refractivity contribution in [1.29, 1.82) is 0 Å². The fraction of sp³-hybridized carbons (Fsp3) is 0.276. The standard InChI is InChI=1S/C13H10.2C8H11.2ClH.Ti/c1-3-7-12(8-4-1)11-13-9-5-2-6-10-13;2*1-6-4-5-7(2)8(6)3;;;/h1-10H;2*4H2,1-3H3;2*1H;/q;2*-1;;;+2/p-2. The van der Waals surface area contributed by atoms with E-state index in [4.69, 9.17) is 0 Å². The van der Waals surface area contributed by atoms with Gasteiger partial charge in [0, 0.05) is 0 Å². The van der Waals surface area contributed by atoms with Crippen LogP contribution in [0.3, 0.4) is 0 Å². The van der Waals surface area contributed by atoms with Gasteiger partial charge in [0.15, 0.2) is 0 Å². The summed E-state index contributed by atoms with van der Waals surface area (Å²) in [5, 5.41) is 0. The maximum atomic E-state index is 3.26. The van der Waals surface area contributed by atoms with E-state index in [0.717, 1.165) is 12.8 Å². The van der Waals surface area contributed by atoms with Crippen LogP contribution < -0.4 is 24.8 Å². The molecule has 0 aliphatic heterocycles. The fourth-order valence-electron chi connectivity index (χ4n) is 3.08. The molecule has 0 fully saturated rings. The molecule has 4 rings (SSSR count). The first-order valence-electron chi connectivity index (χ1n) is 10.5. The van der Waals surface area contributed by atoms with Gasteiger partial charge in [-0.25, -0.2) is 11.1 Å². The van der Waals surface area contributed by atoms with Crippen molar-refractivity contribution in [3.05, 3.63) is 117 Å². The van der Waals surface area contributed by atoms with E-state index in [9.17, 15) is 0 Å². The molecule has 0 spiro atoms. The minimum absolute atomic E-state index is 0.